The average molecular weight is 530 g/mol. The Bertz CT molecular complexity index is 1230. The molecule has 3 aromatic rings. The van der Waals surface area contributed by atoms with E-state index in [9.17, 15) is 35.9 Å². The molecule has 0 aliphatic rings. The molecule has 0 spiro atoms. The van der Waals surface area contributed by atoms with Gasteiger partial charge in [0.15, 0.2) is 11.4 Å². The molecular formula is C25H18ClF6NO3. The molecule has 3 rings (SSSR count). The summed E-state index contributed by atoms with van der Waals surface area (Å²) in [6.07, 6.45) is -10.1. The molecule has 1 amide bonds. The van der Waals surface area contributed by atoms with E-state index in [0.29, 0.717) is 28.3 Å². The van der Waals surface area contributed by atoms with Crippen LogP contribution < -0.4 is 10.1 Å². The highest BCUT2D eigenvalue weighted by Gasteiger charge is 2.38. The van der Waals surface area contributed by atoms with Crippen molar-refractivity contribution in [2.45, 2.75) is 31.8 Å². The zero-order valence-corrected chi connectivity index (χ0v) is 19.5. The van der Waals surface area contributed by atoms with Gasteiger partial charge in [-0.25, -0.2) is 0 Å². The molecule has 4 nitrogen and oxygen atoms in total. The molecule has 0 fully saturated rings. The number of ketones is 1. The van der Waals surface area contributed by atoms with Crippen molar-refractivity contribution in [3.63, 3.8) is 0 Å². The van der Waals surface area contributed by atoms with Gasteiger partial charge >= 0.3 is 12.4 Å². The van der Waals surface area contributed by atoms with Gasteiger partial charge in [-0.05, 0) is 80.6 Å². The third kappa shape index (κ3) is 6.57. The fraction of sp³-hybridized carbons (Fsp3) is 0.200. The molecule has 0 aliphatic carbocycles. The highest BCUT2D eigenvalue weighted by molar-refractivity contribution is 6.30. The summed E-state index contributed by atoms with van der Waals surface area (Å²) in [5.41, 5.74) is -4.81. The Labute approximate surface area is 206 Å². The Morgan fingerprint density at radius 3 is 1.64 bits per heavy atom. The Hall–Kier alpha value is -3.53. The van der Waals surface area contributed by atoms with Crippen LogP contribution in [-0.4, -0.2) is 17.3 Å². The van der Waals surface area contributed by atoms with Crippen molar-refractivity contribution < 1.29 is 40.7 Å². The third-order valence-corrected chi connectivity index (χ3v) is 5.24. The summed E-state index contributed by atoms with van der Waals surface area (Å²) in [5, 5.41) is 2.52. The molecule has 0 bridgehead atoms. The van der Waals surface area contributed by atoms with Crippen molar-refractivity contribution in [1.29, 1.82) is 0 Å². The van der Waals surface area contributed by atoms with Crippen LogP contribution in [0.1, 0.15) is 40.9 Å². The lowest BCUT2D eigenvalue weighted by Crippen LogP contribution is -2.42. The number of anilines is 1. The van der Waals surface area contributed by atoms with Gasteiger partial charge in [-0.1, -0.05) is 11.6 Å². The molecule has 190 valence electrons. The first-order valence-electron chi connectivity index (χ1n) is 10.3. The zero-order valence-electron chi connectivity index (χ0n) is 18.7. The Morgan fingerprint density at radius 2 is 1.19 bits per heavy atom. The van der Waals surface area contributed by atoms with Gasteiger partial charge in [0.25, 0.3) is 5.91 Å². The first kappa shape index (κ1) is 27.1. The fourth-order valence-corrected chi connectivity index (χ4v) is 3.22. The van der Waals surface area contributed by atoms with Crippen LogP contribution in [0, 0.1) is 0 Å². The van der Waals surface area contributed by atoms with Crippen molar-refractivity contribution >= 4 is 29.0 Å². The zero-order chi connectivity index (χ0) is 26.9. The molecule has 11 heteroatoms. The van der Waals surface area contributed by atoms with E-state index >= 15 is 0 Å². The normalized spacial score (nSPS) is 12.2. The van der Waals surface area contributed by atoms with Gasteiger partial charge < -0.3 is 10.1 Å². The summed E-state index contributed by atoms with van der Waals surface area (Å²) in [6.45, 7) is 2.57. The largest absolute Gasteiger partial charge is 0.478 e. The van der Waals surface area contributed by atoms with Crippen molar-refractivity contribution in [1.82, 2.24) is 0 Å². The van der Waals surface area contributed by atoms with E-state index < -0.39 is 40.7 Å². The molecule has 0 unspecified atom stereocenters. The fourth-order valence-electron chi connectivity index (χ4n) is 3.09. The quantitative estimate of drug-likeness (QED) is 0.267. The summed E-state index contributed by atoms with van der Waals surface area (Å²) in [7, 11) is 0. The first-order valence-corrected chi connectivity index (χ1v) is 10.6. The lowest BCUT2D eigenvalue weighted by atomic mass is 10.0. The Morgan fingerprint density at radius 1 is 0.750 bits per heavy atom. The molecule has 0 saturated carbocycles. The van der Waals surface area contributed by atoms with Gasteiger partial charge in [0.1, 0.15) is 5.75 Å². The van der Waals surface area contributed by atoms with Gasteiger partial charge in [0.05, 0.1) is 11.1 Å². The maximum atomic E-state index is 13.1. The molecule has 0 heterocycles. The molecule has 0 aromatic heterocycles. The summed E-state index contributed by atoms with van der Waals surface area (Å²) in [6, 6.07) is 12.7. The number of halogens is 7. The summed E-state index contributed by atoms with van der Waals surface area (Å²) >= 11 is 5.82. The number of hydrogen-bond acceptors (Lipinski definition) is 3. The van der Waals surface area contributed by atoms with E-state index in [1.54, 1.807) is 24.3 Å². The number of ether oxygens (including phenoxy) is 1. The predicted molar refractivity (Wildman–Crippen MR) is 121 cm³/mol. The smallest absolute Gasteiger partial charge is 0.416 e. The van der Waals surface area contributed by atoms with Crippen molar-refractivity contribution in [3.8, 4) is 5.75 Å². The first-order chi connectivity index (χ1) is 16.6. The maximum Gasteiger partial charge on any atom is 0.416 e. The van der Waals surface area contributed by atoms with Crippen molar-refractivity contribution in [3.05, 3.63) is 94.0 Å². The second-order valence-corrected chi connectivity index (χ2v) is 8.66. The van der Waals surface area contributed by atoms with Crippen LogP contribution in [0.2, 0.25) is 5.02 Å². The van der Waals surface area contributed by atoms with Crippen molar-refractivity contribution in [2.24, 2.45) is 0 Å². The van der Waals surface area contributed by atoms with Crippen molar-refractivity contribution in [2.75, 3.05) is 5.32 Å². The van der Waals surface area contributed by atoms with Gasteiger partial charge in [-0.15, -0.1) is 0 Å². The third-order valence-electron chi connectivity index (χ3n) is 4.99. The number of hydrogen-bond donors (Lipinski definition) is 1. The number of alkyl halides is 6. The number of amides is 1. The monoisotopic (exact) mass is 529 g/mol. The molecule has 0 saturated heterocycles. The molecule has 3 aromatic carbocycles. The SMILES string of the molecule is CC(C)(Oc1ccc(C(=O)c2ccc(Cl)cc2)cc1)C(=O)Nc1cc(C(F)(F)F)cc(C(F)(F)F)c1. The van der Waals surface area contributed by atoms with Crippen LogP contribution in [0.4, 0.5) is 32.0 Å². The second kappa shape index (κ2) is 9.85. The molecule has 0 atom stereocenters. The maximum absolute atomic E-state index is 13.1. The van der Waals surface area contributed by atoms with Gasteiger partial charge in [0.2, 0.25) is 0 Å². The molecule has 0 aliphatic heterocycles. The minimum atomic E-state index is -5.06. The average Bonchev–Trinajstić information content (AvgIpc) is 2.78. The standard InChI is InChI=1S/C25H18ClF6NO3/c1-23(2,22(35)33-19-12-16(24(27,28)29)11-17(13-19)25(30,31)32)36-20-9-5-15(6-10-20)21(34)14-3-7-18(26)8-4-14/h3-13H,1-2H3,(H,33,35). The van der Waals surface area contributed by atoms with Crippen LogP contribution >= 0.6 is 11.6 Å². The lowest BCUT2D eigenvalue weighted by Gasteiger charge is -2.26. The minimum absolute atomic E-state index is 0.0375. The van der Waals surface area contributed by atoms with E-state index in [4.69, 9.17) is 16.3 Å². The van der Waals surface area contributed by atoms with Crippen LogP contribution in [0.25, 0.3) is 0 Å². The van der Waals surface area contributed by atoms with E-state index in [1.807, 2.05) is 0 Å². The number of carbonyl (C=O) groups excluding carboxylic acids is 2. The van der Waals surface area contributed by atoms with E-state index in [0.717, 1.165) is 0 Å². The van der Waals surface area contributed by atoms with Crippen LogP contribution in [-0.2, 0) is 17.1 Å². The molecule has 1 N–H and O–H groups in total. The van der Waals surface area contributed by atoms with Gasteiger partial charge in [-0.2, -0.15) is 26.3 Å². The van der Waals surface area contributed by atoms with Gasteiger partial charge in [-0.3, -0.25) is 9.59 Å². The summed E-state index contributed by atoms with van der Waals surface area (Å²) < 4.78 is 84.1. The van der Waals surface area contributed by atoms with Crippen LogP contribution in [0.15, 0.2) is 66.7 Å². The highest BCUT2D eigenvalue weighted by Crippen LogP contribution is 2.37. The topological polar surface area (TPSA) is 55.4 Å². The lowest BCUT2D eigenvalue weighted by molar-refractivity contribution is -0.143. The molecule has 0 radical (unpaired) electrons. The molecule has 36 heavy (non-hydrogen) atoms. The van der Waals surface area contributed by atoms with E-state index in [1.165, 1.54) is 38.1 Å². The predicted octanol–water partition coefficient (Wildman–Crippen LogP) is 7.40. The molecular weight excluding hydrogens is 512 g/mol. The Kier molecular flexibility index (Phi) is 7.40. The summed E-state index contributed by atoms with van der Waals surface area (Å²) in [5.74, 6) is -1.14. The number of rotatable bonds is 6. The van der Waals surface area contributed by atoms with E-state index in [2.05, 4.69) is 5.32 Å². The Balaban J connectivity index is 1.76. The summed E-state index contributed by atoms with van der Waals surface area (Å²) in [4.78, 5) is 25.2. The van der Waals surface area contributed by atoms with Gasteiger partial charge in [0, 0.05) is 21.8 Å². The number of nitrogens with one attached hydrogen (secondary N) is 1. The number of carbonyl (C=O) groups is 2. The minimum Gasteiger partial charge on any atom is -0.478 e. The number of benzene rings is 3. The van der Waals surface area contributed by atoms with E-state index in [-0.39, 0.29) is 17.6 Å². The van der Waals surface area contributed by atoms with Crippen LogP contribution in [0.3, 0.4) is 0 Å². The second-order valence-electron chi connectivity index (χ2n) is 8.22. The van der Waals surface area contributed by atoms with Crippen LogP contribution in [0.5, 0.6) is 5.75 Å². The highest BCUT2D eigenvalue weighted by atomic mass is 35.5.